The minimum atomic E-state index is -0.188. The molecule has 0 saturated heterocycles. The number of ether oxygens (including phenoxy) is 2. The summed E-state index contributed by atoms with van der Waals surface area (Å²) in [4.78, 5) is 19.9. The Labute approximate surface area is 156 Å². The van der Waals surface area contributed by atoms with Gasteiger partial charge in [0, 0.05) is 0 Å². The fourth-order valence-corrected chi connectivity index (χ4v) is 2.96. The summed E-state index contributed by atoms with van der Waals surface area (Å²) in [6, 6.07) is 22.6. The molecule has 0 saturated carbocycles. The number of para-hydroxylation sites is 2. The Bertz CT molecular complexity index is 1140. The van der Waals surface area contributed by atoms with E-state index in [2.05, 4.69) is 9.97 Å². The van der Waals surface area contributed by atoms with Crippen LogP contribution in [0.3, 0.4) is 0 Å². The molecule has 0 radical (unpaired) electrons. The first-order valence-electron chi connectivity index (χ1n) is 8.59. The van der Waals surface area contributed by atoms with E-state index < -0.39 is 0 Å². The summed E-state index contributed by atoms with van der Waals surface area (Å²) in [5.41, 5.74) is 2.16. The van der Waals surface area contributed by atoms with Crippen molar-refractivity contribution in [2.75, 3.05) is 7.11 Å². The van der Waals surface area contributed by atoms with Gasteiger partial charge < -0.3 is 14.5 Å². The summed E-state index contributed by atoms with van der Waals surface area (Å²) < 4.78 is 11.5. The van der Waals surface area contributed by atoms with Crippen LogP contribution in [0, 0.1) is 0 Å². The number of benzene rings is 3. The van der Waals surface area contributed by atoms with E-state index in [4.69, 9.17) is 9.47 Å². The van der Waals surface area contributed by atoms with Crippen molar-refractivity contribution in [1.82, 2.24) is 9.97 Å². The van der Waals surface area contributed by atoms with Gasteiger partial charge in [-0.2, -0.15) is 0 Å². The standard InChI is InChI=1S/C22H18N2O3/c1-26-19-13-7-11-17(20(19)27-14-15-8-3-2-4-9-15)21-23-18-12-6-5-10-16(18)22(25)24-21/h2-13H,14H2,1H3,(H,23,24,25). The second kappa shape index (κ2) is 7.33. The molecule has 27 heavy (non-hydrogen) atoms. The highest BCUT2D eigenvalue weighted by molar-refractivity contribution is 5.80. The lowest BCUT2D eigenvalue weighted by Gasteiger charge is -2.15. The lowest BCUT2D eigenvalue weighted by atomic mass is 10.1. The van der Waals surface area contributed by atoms with Crippen molar-refractivity contribution in [2.24, 2.45) is 0 Å². The monoisotopic (exact) mass is 358 g/mol. The number of hydrogen-bond acceptors (Lipinski definition) is 4. The van der Waals surface area contributed by atoms with E-state index in [1.165, 1.54) is 0 Å². The number of hydrogen-bond donors (Lipinski definition) is 1. The predicted octanol–water partition coefficient (Wildman–Crippen LogP) is 4.18. The third-order valence-corrected chi connectivity index (χ3v) is 4.29. The second-order valence-electron chi connectivity index (χ2n) is 6.04. The van der Waals surface area contributed by atoms with Gasteiger partial charge in [-0.05, 0) is 29.8 Å². The van der Waals surface area contributed by atoms with Crippen LogP contribution in [0.5, 0.6) is 11.5 Å². The summed E-state index contributed by atoms with van der Waals surface area (Å²) in [5.74, 6) is 1.57. The number of nitrogens with zero attached hydrogens (tertiary/aromatic N) is 1. The summed E-state index contributed by atoms with van der Waals surface area (Å²) >= 11 is 0. The smallest absolute Gasteiger partial charge is 0.259 e. The Morgan fingerprint density at radius 2 is 1.70 bits per heavy atom. The average Bonchev–Trinajstić information content (AvgIpc) is 2.72. The van der Waals surface area contributed by atoms with Gasteiger partial charge in [-0.25, -0.2) is 4.98 Å². The number of nitrogens with one attached hydrogen (secondary N) is 1. The molecule has 0 amide bonds. The minimum Gasteiger partial charge on any atom is -0.493 e. The van der Waals surface area contributed by atoms with Gasteiger partial charge in [-0.3, -0.25) is 4.79 Å². The first kappa shape index (κ1) is 16.8. The molecule has 0 aliphatic rings. The number of fused-ring (bicyclic) bond motifs is 1. The number of aromatic amines is 1. The van der Waals surface area contributed by atoms with Gasteiger partial charge in [0.05, 0.1) is 23.6 Å². The summed E-state index contributed by atoms with van der Waals surface area (Å²) in [6.07, 6.45) is 0. The largest absolute Gasteiger partial charge is 0.493 e. The van der Waals surface area contributed by atoms with E-state index in [0.717, 1.165) is 5.56 Å². The minimum absolute atomic E-state index is 0.188. The molecule has 4 rings (SSSR count). The number of H-pyrrole nitrogens is 1. The van der Waals surface area contributed by atoms with Crippen LogP contribution in [0.25, 0.3) is 22.3 Å². The highest BCUT2D eigenvalue weighted by atomic mass is 16.5. The highest BCUT2D eigenvalue weighted by Gasteiger charge is 2.15. The van der Waals surface area contributed by atoms with E-state index >= 15 is 0 Å². The summed E-state index contributed by atoms with van der Waals surface area (Å²) in [6.45, 7) is 0.381. The summed E-state index contributed by atoms with van der Waals surface area (Å²) in [7, 11) is 1.59. The van der Waals surface area contributed by atoms with Gasteiger partial charge in [-0.15, -0.1) is 0 Å². The van der Waals surface area contributed by atoms with Crippen LogP contribution in [0.4, 0.5) is 0 Å². The molecule has 0 unspecified atom stereocenters. The van der Waals surface area contributed by atoms with Crippen LogP contribution in [0.1, 0.15) is 5.56 Å². The molecule has 0 bridgehead atoms. The molecule has 0 fully saturated rings. The topological polar surface area (TPSA) is 64.2 Å². The molecule has 0 aliphatic carbocycles. The first-order valence-corrected chi connectivity index (χ1v) is 8.59. The van der Waals surface area contributed by atoms with Crippen molar-refractivity contribution in [2.45, 2.75) is 6.61 Å². The van der Waals surface area contributed by atoms with Crippen molar-refractivity contribution in [3.05, 3.63) is 88.7 Å². The first-order chi connectivity index (χ1) is 13.3. The SMILES string of the molecule is COc1cccc(-c2nc3ccccc3c(=O)[nH]2)c1OCc1ccccc1. The second-order valence-corrected chi connectivity index (χ2v) is 6.04. The molecule has 134 valence electrons. The quantitative estimate of drug-likeness (QED) is 0.581. The maximum absolute atomic E-state index is 12.5. The van der Waals surface area contributed by atoms with Crippen LogP contribution in [-0.2, 0) is 6.61 Å². The number of aromatic nitrogens is 2. The zero-order valence-electron chi connectivity index (χ0n) is 14.8. The molecule has 0 aliphatic heterocycles. The van der Waals surface area contributed by atoms with Crippen molar-refractivity contribution in [3.8, 4) is 22.9 Å². The fraction of sp³-hybridized carbons (Fsp3) is 0.0909. The van der Waals surface area contributed by atoms with Gasteiger partial charge in [0.1, 0.15) is 12.4 Å². The Balaban J connectivity index is 1.80. The Morgan fingerprint density at radius 1 is 0.926 bits per heavy atom. The highest BCUT2D eigenvalue weighted by Crippen LogP contribution is 2.37. The normalized spacial score (nSPS) is 10.7. The Morgan fingerprint density at radius 3 is 2.52 bits per heavy atom. The van der Waals surface area contributed by atoms with Crippen LogP contribution in [-0.4, -0.2) is 17.1 Å². The van der Waals surface area contributed by atoms with Gasteiger partial charge in [0.15, 0.2) is 11.5 Å². The molecule has 3 aromatic carbocycles. The van der Waals surface area contributed by atoms with Crippen LogP contribution < -0.4 is 15.0 Å². The van der Waals surface area contributed by atoms with Gasteiger partial charge in [0.2, 0.25) is 0 Å². The molecule has 4 aromatic rings. The van der Waals surface area contributed by atoms with Crippen molar-refractivity contribution in [1.29, 1.82) is 0 Å². The molecule has 0 atom stereocenters. The van der Waals surface area contributed by atoms with Crippen molar-refractivity contribution in [3.63, 3.8) is 0 Å². The van der Waals surface area contributed by atoms with E-state index in [1.807, 2.05) is 66.7 Å². The van der Waals surface area contributed by atoms with Crippen molar-refractivity contribution < 1.29 is 9.47 Å². The fourth-order valence-electron chi connectivity index (χ4n) is 2.96. The third kappa shape index (κ3) is 3.40. The molecule has 1 N–H and O–H groups in total. The number of methoxy groups -OCH3 is 1. The van der Waals surface area contributed by atoms with E-state index in [-0.39, 0.29) is 5.56 Å². The molecular formula is C22H18N2O3. The molecular weight excluding hydrogens is 340 g/mol. The van der Waals surface area contributed by atoms with Gasteiger partial charge in [-0.1, -0.05) is 48.5 Å². The van der Waals surface area contributed by atoms with Crippen LogP contribution in [0.2, 0.25) is 0 Å². The van der Waals surface area contributed by atoms with Gasteiger partial charge >= 0.3 is 0 Å². The van der Waals surface area contributed by atoms with Crippen LogP contribution in [0.15, 0.2) is 77.6 Å². The van der Waals surface area contributed by atoms with E-state index in [0.29, 0.717) is 40.4 Å². The molecule has 5 heteroatoms. The molecule has 5 nitrogen and oxygen atoms in total. The molecule has 1 heterocycles. The Hall–Kier alpha value is -3.60. The maximum Gasteiger partial charge on any atom is 0.259 e. The van der Waals surface area contributed by atoms with Crippen molar-refractivity contribution >= 4 is 10.9 Å². The van der Waals surface area contributed by atoms with E-state index in [9.17, 15) is 4.79 Å². The lowest BCUT2D eigenvalue weighted by molar-refractivity contribution is 0.285. The average molecular weight is 358 g/mol. The van der Waals surface area contributed by atoms with Crippen LogP contribution >= 0.6 is 0 Å². The summed E-state index contributed by atoms with van der Waals surface area (Å²) in [5, 5.41) is 0.552. The Kier molecular flexibility index (Phi) is 4.58. The zero-order valence-corrected chi connectivity index (χ0v) is 14.8. The molecule has 1 aromatic heterocycles. The zero-order chi connectivity index (χ0) is 18.6. The maximum atomic E-state index is 12.5. The molecule has 0 spiro atoms. The predicted molar refractivity (Wildman–Crippen MR) is 105 cm³/mol. The van der Waals surface area contributed by atoms with Gasteiger partial charge in [0.25, 0.3) is 5.56 Å². The van der Waals surface area contributed by atoms with E-state index in [1.54, 1.807) is 13.2 Å². The lowest BCUT2D eigenvalue weighted by Crippen LogP contribution is -2.10. The number of rotatable bonds is 5. The third-order valence-electron chi connectivity index (χ3n) is 4.29.